The van der Waals surface area contributed by atoms with E-state index in [2.05, 4.69) is 25.7 Å². The number of rotatable bonds is 6. The average Bonchev–Trinajstić information content (AvgIpc) is 2.31. The van der Waals surface area contributed by atoms with Gasteiger partial charge in [0.1, 0.15) is 0 Å². The van der Waals surface area contributed by atoms with Gasteiger partial charge in [-0.2, -0.15) is 0 Å². The average molecular weight is 241 g/mol. The van der Waals surface area contributed by atoms with Crippen LogP contribution in [0, 0.1) is 5.41 Å². The van der Waals surface area contributed by atoms with E-state index in [4.69, 9.17) is 0 Å². The summed E-state index contributed by atoms with van der Waals surface area (Å²) in [5.74, 6) is -0.588. The van der Waals surface area contributed by atoms with E-state index in [9.17, 15) is 9.90 Å². The molecule has 17 heavy (non-hydrogen) atoms. The van der Waals surface area contributed by atoms with Crippen molar-refractivity contribution < 1.29 is 9.90 Å². The first kappa shape index (κ1) is 14.5. The fourth-order valence-electron chi connectivity index (χ4n) is 3.25. The van der Waals surface area contributed by atoms with Crippen molar-refractivity contribution in [3.8, 4) is 0 Å². The molecule has 1 N–H and O–H groups in total. The van der Waals surface area contributed by atoms with E-state index in [-0.39, 0.29) is 0 Å². The van der Waals surface area contributed by atoms with Gasteiger partial charge in [-0.25, -0.2) is 0 Å². The minimum Gasteiger partial charge on any atom is -0.481 e. The number of carboxylic acid groups (broad SMARTS) is 1. The summed E-state index contributed by atoms with van der Waals surface area (Å²) in [4.78, 5) is 14.0. The molecule has 1 aliphatic heterocycles. The number of piperidine rings is 1. The number of aliphatic carboxylic acids is 1. The Labute approximate surface area is 105 Å². The summed E-state index contributed by atoms with van der Waals surface area (Å²) in [5.41, 5.74) is -0.477. The van der Waals surface area contributed by atoms with E-state index >= 15 is 0 Å². The van der Waals surface area contributed by atoms with Gasteiger partial charge in [-0.05, 0) is 38.6 Å². The fraction of sp³-hybridized carbons (Fsp3) is 0.929. The normalized spacial score (nSPS) is 26.4. The third kappa shape index (κ3) is 3.21. The first-order valence-electron chi connectivity index (χ1n) is 7.07. The summed E-state index contributed by atoms with van der Waals surface area (Å²) in [6, 6.07) is 0.561. The molecule has 3 heteroatoms. The van der Waals surface area contributed by atoms with Gasteiger partial charge in [0, 0.05) is 12.6 Å². The van der Waals surface area contributed by atoms with E-state index < -0.39 is 11.4 Å². The maximum Gasteiger partial charge on any atom is 0.310 e. The van der Waals surface area contributed by atoms with Crippen molar-refractivity contribution in [3.63, 3.8) is 0 Å². The fourth-order valence-corrected chi connectivity index (χ4v) is 3.25. The molecule has 1 aliphatic rings. The Kier molecular flexibility index (Phi) is 5.44. The minimum atomic E-state index is -0.588. The van der Waals surface area contributed by atoms with E-state index in [0.717, 1.165) is 51.6 Å². The summed E-state index contributed by atoms with van der Waals surface area (Å²) in [6.45, 7) is 8.31. The zero-order valence-corrected chi connectivity index (χ0v) is 11.5. The number of carbonyl (C=O) groups is 1. The van der Waals surface area contributed by atoms with Gasteiger partial charge in [-0.1, -0.05) is 27.2 Å². The van der Waals surface area contributed by atoms with E-state index in [1.54, 1.807) is 0 Å². The zero-order valence-electron chi connectivity index (χ0n) is 11.5. The van der Waals surface area contributed by atoms with Crippen LogP contribution in [0.1, 0.15) is 59.3 Å². The maximum absolute atomic E-state index is 11.6. The van der Waals surface area contributed by atoms with Crippen molar-refractivity contribution >= 4 is 5.97 Å². The molecule has 1 atom stereocenters. The molecule has 0 bridgehead atoms. The highest BCUT2D eigenvalue weighted by Crippen LogP contribution is 2.36. The van der Waals surface area contributed by atoms with Gasteiger partial charge in [0.25, 0.3) is 0 Å². The lowest BCUT2D eigenvalue weighted by molar-refractivity contribution is -0.154. The Hall–Kier alpha value is -0.570. The molecule has 0 radical (unpaired) electrons. The Bertz CT molecular complexity index is 247. The van der Waals surface area contributed by atoms with Gasteiger partial charge >= 0.3 is 5.97 Å². The van der Waals surface area contributed by atoms with Gasteiger partial charge in [0.05, 0.1) is 5.41 Å². The molecule has 0 saturated carbocycles. The van der Waals surface area contributed by atoms with Crippen molar-refractivity contribution in [2.75, 3.05) is 13.1 Å². The molecule has 1 fully saturated rings. The molecular formula is C14H27NO2. The largest absolute Gasteiger partial charge is 0.481 e. The third-order valence-electron chi connectivity index (χ3n) is 4.25. The first-order chi connectivity index (χ1) is 8.09. The molecule has 0 amide bonds. The van der Waals surface area contributed by atoms with E-state index in [0.29, 0.717) is 6.04 Å². The molecule has 0 aromatic heterocycles. The highest BCUT2D eigenvalue weighted by Gasteiger charge is 2.42. The first-order valence-corrected chi connectivity index (χ1v) is 7.07. The van der Waals surface area contributed by atoms with Crippen LogP contribution < -0.4 is 0 Å². The van der Waals surface area contributed by atoms with Crippen LogP contribution in [0.4, 0.5) is 0 Å². The van der Waals surface area contributed by atoms with Gasteiger partial charge in [0.15, 0.2) is 0 Å². The van der Waals surface area contributed by atoms with Crippen LogP contribution in [0.25, 0.3) is 0 Å². The monoisotopic (exact) mass is 241 g/mol. The minimum absolute atomic E-state index is 0.477. The predicted octanol–water partition coefficient (Wildman–Crippen LogP) is 3.14. The van der Waals surface area contributed by atoms with Crippen molar-refractivity contribution in [1.82, 2.24) is 4.90 Å². The summed E-state index contributed by atoms with van der Waals surface area (Å²) < 4.78 is 0. The van der Waals surface area contributed by atoms with E-state index in [1.165, 1.54) is 0 Å². The van der Waals surface area contributed by atoms with Crippen molar-refractivity contribution in [2.45, 2.75) is 65.3 Å². The molecule has 1 heterocycles. The molecule has 0 aromatic rings. The maximum atomic E-state index is 11.6. The van der Waals surface area contributed by atoms with Crippen molar-refractivity contribution in [3.05, 3.63) is 0 Å². The van der Waals surface area contributed by atoms with Crippen LogP contribution >= 0.6 is 0 Å². The molecular weight excluding hydrogens is 214 g/mol. The van der Waals surface area contributed by atoms with Gasteiger partial charge in [-0.3, -0.25) is 9.69 Å². The molecule has 0 aromatic carbocycles. The topological polar surface area (TPSA) is 40.5 Å². The van der Waals surface area contributed by atoms with Gasteiger partial charge in [0.2, 0.25) is 0 Å². The number of hydrogen-bond acceptors (Lipinski definition) is 2. The summed E-state index contributed by atoms with van der Waals surface area (Å²) in [6.07, 6.45) is 5.91. The Morgan fingerprint density at radius 2 is 2.00 bits per heavy atom. The SMILES string of the molecule is CCCC1(C(=O)O)CCCN(C(CC)CC)C1. The second kappa shape index (κ2) is 6.39. The van der Waals surface area contributed by atoms with Crippen molar-refractivity contribution in [1.29, 1.82) is 0 Å². The van der Waals surface area contributed by atoms with Gasteiger partial charge < -0.3 is 5.11 Å². The highest BCUT2D eigenvalue weighted by atomic mass is 16.4. The molecule has 1 unspecified atom stereocenters. The number of hydrogen-bond donors (Lipinski definition) is 1. The molecule has 1 rings (SSSR count). The smallest absolute Gasteiger partial charge is 0.310 e. The standard InChI is InChI=1S/C14H27NO2/c1-4-8-14(13(16)17)9-7-10-15(11-14)12(5-2)6-3/h12H,4-11H2,1-3H3,(H,16,17). The quantitative estimate of drug-likeness (QED) is 0.776. The lowest BCUT2D eigenvalue weighted by Crippen LogP contribution is -2.51. The Morgan fingerprint density at radius 1 is 1.35 bits per heavy atom. The van der Waals surface area contributed by atoms with Gasteiger partial charge in [-0.15, -0.1) is 0 Å². The second-order valence-electron chi connectivity index (χ2n) is 5.38. The molecule has 0 aliphatic carbocycles. The van der Waals surface area contributed by atoms with Crippen molar-refractivity contribution in [2.24, 2.45) is 5.41 Å². The Morgan fingerprint density at radius 3 is 2.47 bits per heavy atom. The van der Waals surface area contributed by atoms with Crippen LogP contribution in [0.5, 0.6) is 0 Å². The number of nitrogens with zero attached hydrogens (tertiary/aromatic N) is 1. The molecule has 1 saturated heterocycles. The molecule has 100 valence electrons. The van der Waals surface area contributed by atoms with Crippen LogP contribution in [0.3, 0.4) is 0 Å². The van der Waals surface area contributed by atoms with E-state index in [1.807, 2.05) is 0 Å². The molecule has 0 spiro atoms. The summed E-state index contributed by atoms with van der Waals surface area (Å²) >= 11 is 0. The number of likely N-dealkylation sites (tertiary alicyclic amines) is 1. The van der Waals surface area contributed by atoms with Crippen LogP contribution in [0.2, 0.25) is 0 Å². The van der Waals surface area contributed by atoms with Crippen LogP contribution in [-0.4, -0.2) is 35.1 Å². The number of carboxylic acids is 1. The summed E-state index contributed by atoms with van der Waals surface area (Å²) in [5, 5.41) is 9.54. The lowest BCUT2D eigenvalue weighted by atomic mass is 9.76. The second-order valence-corrected chi connectivity index (χ2v) is 5.38. The zero-order chi connectivity index (χ0) is 12.9. The Balaban J connectivity index is 2.77. The lowest BCUT2D eigenvalue weighted by Gasteiger charge is -2.43. The molecule has 3 nitrogen and oxygen atoms in total. The highest BCUT2D eigenvalue weighted by molar-refractivity contribution is 5.75. The summed E-state index contributed by atoms with van der Waals surface area (Å²) in [7, 11) is 0. The van der Waals surface area contributed by atoms with Crippen LogP contribution in [-0.2, 0) is 4.79 Å². The van der Waals surface area contributed by atoms with Crippen LogP contribution in [0.15, 0.2) is 0 Å². The predicted molar refractivity (Wildman–Crippen MR) is 70.2 cm³/mol. The third-order valence-corrected chi connectivity index (χ3v) is 4.25.